The smallest absolute Gasteiger partial charge is 0.254 e. The topological polar surface area (TPSA) is 91.4 Å². The zero-order valence-electron chi connectivity index (χ0n) is 11.5. The number of anilines is 1. The SMILES string of the molecule is COCCN(CCC#N)C(=O)c1cc(F)c(NN)c(F)c1. The largest absolute Gasteiger partial charge is 0.383 e. The quantitative estimate of drug-likeness (QED) is 0.584. The summed E-state index contributed by atoms with van der Waals surface area (Å²) in [6, 6.07) is 3.70. The number of rotatable bonds is 7. The molecule has 0 fully saturated rings. The van der Waals surface area contributed by atoms with Crippen molar-refractivity contribution in [2.24, 2.45) is 5.84 Å². The van der Waals surface area contributed by atoms with E-state index >= 15 is 0 Å². The van der Waals surface area contributed by atoms with Gasteiger partial charge in [-0.05, 0) is 12.1 Å². The van der Waals surface area contributed by atoms with Crippen LogP contribution in [0.25, 0.3) is 0 Å². The number of nitrogens with one attached hydrogen (secondary N) is 1. The highest BCUT2D eigenvalue weighted by molar-refractivity contribution is 5.94. The number of amides is 1. The molecular formula is C13H16F2N4O2. The number of nitrogen functional groups attached to an aromatic ring is 1. The summed E-state index contributed by atoms with van der Waals surface area (Å²) in [5.41, 5.74) is 1.23. The number of halogens is 2. The van der Waals surface area contributed by atoms with E-state index in [1.165, 1.54) is 12.0 Å². The van der Waals surface area contributed by atoms with Crippen LogP contribution in [0.1, 0.15) is 16.8 Å². The summed E-state index contributed by atoms with van der Waals surface area (Å²) in [4.78, 5) is 13.5. The molecule has 0 aliphatic heterocycles. The maximum atomic E-state index is 13.6. The van der Waals surface area contributed by atoms with Crippen molar-refractivity contribution in [3.05, 3.63) is 29.3 Å². The van der Waals surface area contributed by atoms with Crippen LogP contribution in [0.15, 0.2) is 12.1 Å². The number of methoxy groups -OCH3 is 1. The predicted molar refractivity (Wildman–Crippen MR) is 72.2 cm³/mol. The Bertz CT molecular complexity index is 522. The van der Waals surface area contributed by atoms with Gasteiger partial charge in [-0.15, -0.1) is 0 Å². The average molecular weight is 298 g/mol. The summed E-state index contributed by atoms with van der Waals surface area (Å²) in [7, 11) is 1.47. The Kier molecular flexibility index (Phi) is 6.52. The molecule has 0 saturated carbocycles. The van der Waals surface area contributed by atoms with E-state index in [1.54, 1.807) is 0 Å². The van der Waals surface area contributed by atoms with Crippen molar-refractivity contribution in [3.8, 4) is 6.07 Å². The number of benzene rings is 1. The van der Waals surface area contributed by atoms with Gasteiger partial charge < -0.3 is 15.1 Å². The fourth-order valence-corrected chi connectivity index (χ4v) is 1.72. The number of hydrazine groups is 1. The molecule has 114 valence electrons. The lowest BCUT2D eigenvalue weighted by atomic mass is 10.1. The van der Waals surface area contributed by atoms with Gasteiger partial charge in [-0.2, -0.15) is 5.26 Å². The minimum absolute atomic E-state index is 0.114. The number of nitriles is 1. The van der Waals surface area contributed by atoms with Crippen molar-refractivity contribution < 1.29 is 18.3 Å². The summed E-state index contributed by atoms with van der Waals surface area (Å²) < 4.78 is 32.1. The van der Waals surface area contributed by atoms with Gasteiger partial charge in [0.15, 0.2) is 11.6 Å². The summed E-state index contributed by atoms with van der Waals surface area (Å²) in [6.07, 6.45) is 0.114. The molecule has 3 N–H and O–H groups in total. The van der Waals surface area contributed by atoms with Crippen LogP contribution in [0.3, 0.4) is 0 Å². The molecule has 0 bridgehead atoms. The average Bonchev–Trinajstić information content (AvgIpc) is 2.46. The van der Waals surface area contributed by atoms with Gasteiger partial charge in [-0.1, -0.05) is 0 Å². The second-order valence-electron chi connectivity index (χ2n) is 4.15. The van der Waals surface area contributed by atoms with E-state index in [4.69, 9.17) is 15.8 Å². The molecule has 1 rings (SSSR count). The first-order chi connectivity index (χ1) is 10.0. The van der Waals surface area contributed by atoms with E-state index in [1.807, 2.05) is 11.5 Å². The third kappa shape index (κ3) is 4.37. The monoisotopic (exact) mass is 298 g/mol. The van der Waals surface area contributed by atoms with Crippen LogP contribution in [-0.2, 0) is 4.74 Å². The molecule has 0 radical (unpaired) electrons. The number of hydrogen-bond acceptors (Lipinski definition) is 5. The number of nitrogens with zero attached hydrogens (tertiary/aromatic N) is 2. The molecule has 8 heteroatoms. The molecule has 0 spiro atoms. The second kappa shape index (κ2) is 8.14. The Morgan fingerprint density at radius 1 is 1.43 bits per heavy atom. The molecule has 1 amide bonds. The molecule has 6 nitrogen and oxygen atoms in total. The van der Waals surface area contributed by atoms with Gasteiger partial charge in [0.1, 0.15) is 5.69 Å². The zero-order valence-corrected chi connectivity index (χ0v) is 11.5. The van der Waals surface area contributed by atoms with E-state index in [0.717, 1.165) is 12.1 Å². The molecule has 21 heavy (non-hydrogen) atoms. The van der Waals surface area contributed by atoms with E-state index < -0.39 is 23.2 Å². The Balaban J connectivity index is 3.00. The first-order valence-corrected chi connectivity index (χ1v) is 6.16. The van der Waals surface area contributed by atoms with Crippen LogP contribution in [0.5, 0.6) is 0 Å². The van der Waals surface area contributed by atoms with E-state index in [0.29, 0.717) is 0 Å². The van der Waals surface area contributed by atoms with Gasteiger partial charge in [-0.3, -0.25) is 10.6 Å². The molecule has 0 saturated heterocycles. The molecule has 0 aliphatic rings. The molecule has 0 atom stereocenters. The van der Waals surface area contributed by atoms with Gasteiger partial charge in [0.05, 0.1) is 19.1 Å². The molecule has 0 aromatic heterocycles. The first-order valence-electron chi connectivity index (χ1n) is 6.16. The van der Waals surface area contributed by atoms with Crippen LogP contribution in [-0.4, -0.2) is 37.6 Å². The highest BCUT2D eigenvalue weighted by Crippen LogP contribution is 2.20. The van der Waals surface area contributed by atoms with Crippen molar-refractivity contribution in [2.75, 3.05) is 32.2 Å². The lowest BCUT2D eigenvalue weighted by Crippen LogP contribution is -2.35. The summed E-state index contributed by atoms with van der Waals surface area (Å²) in [6.45, 7) is 0.626. The minimum atomic E-state index is -0.965. The number of nitrogens with two attached hydrogens (primary N) is 1. The van der Waals surface area contributed by atoms with Gasteiger partial charge >= 0.3 is 0 Å². The van der Waals surface area contributed by atoms with Crippen LogP contribution < -0.4 is 11.3 Å². The number of ether oxygens (including phenoxy) is 1. The second-order valence-corrected chi connectivity index (χ2v) is 4.15. The third-order valence-electron chi connectivity index (χ3n) is 2.78. The number of carbonyl (C=O) groups is 1. The lowest BCUT2D eigenvalue weighted by molar-refractivity contribution is 0.0699. The lowest BCUT2D eigenvalue weighted by Gasteiger charge is -2.21. The van der Waals surface area contributed by atoms with Crippen LogP contribution in [0, 0.1) is 23.0 Å². The maximum Gasteiger partial charge on any atom is 0.254 e. The van der Waals surface area contributed by atoms with Crippen molar-refractivity contribution in [2.45, 2.75) is 6.42 Å². The van der Waals surface area contributed by atoms with Crippen molar-refractivity contribution in [3.63, 3.8) is 0 Å². The van der Waals surface area contributed by atoms with E-state index in [9.17, 15) is 13.6 Å². The highest BCUT2D eigenvalue weighted by atomic mass is 19.1. The predicted octanol–water partition coefficient (Wildman–Crippen LogP) is 1.25. The Labute approximate surface area is 121 Å². The van der Waals surface area contributed by atoms with Gasteiger partial charge in [0.2, 0.25) is 0 Å². The number of carbonyl (C=O) groups excluding carboxylic acids is 1. The Morgan fingerprint density at radius 2 is 2.05 bits per heavy atom. The number of hydrogen-bond donors (Lipinski definition) is 2. The molecule has 1 aromatic carbocycles. The summed E-state index contributed by atoms with van der Waals surface area (Å²) in [5, 5.41) is 8.59. The Morgan fingerprint density at radius 3 is 2.52 bits per heavy atom. The van der Waals surface area contributed by atoms with Gasteiger partial charge in [0.25, 0.3) is 5.91 Å². The standard InChI is InChI=1S/C13H16F2N4O2/c1-21-6-5-19(4-2-3-16)13(20)9-7-10(14)12(18-17)11(15)8-9/h7-8,18H,2,4-6,17H2,1H3. The van der Waals surface area contributed by atoms with Gasteiger partial charge in [0, 0.05) is 25.8 Å². The van der Waals surface area contributed by atoms with Crippen molar-refractivity contribution in [1.82, 2.24) is 4.90 Å². The van der Waals surface area contributed by atoms with E-state index in [-0.39, 0.29) is 31.7 Å². The normalized spacial score (nSPS) is 10.0. The zero-order chi connectivity index (χ0) is 15.8. The summed E-state index contributed by atoms with van der Waals surface area (Å²) in [5.74, 6) is 2.48. The molecule has 0 aliphatic carbocycles. The molecular weight excluding hydrogens is 282 g/mol. The third-order valence-corrected chi connectivity index (χ3v) is 2.78. The van der Waals surface area contributed by atoms with E-state index in [2.05, 4.69) is 0 Å². The maximum absolute atomic E-state index is 13.6. The summed E-state index contributed by atoms with van der Waals surface area (Å²) >= 11 is 0. The first kappa shape index (κ1) is 16.8. The Hall–Kier alpha value is -2.24. The molecule has 0 unspecified atom stereocenters. The highest BCUT2D eigenvalue weighted by Gasteiger charge is 2.19. The molecule has 0 heterocycles. The fourth-order valence-electron chi connectivity index (χ4n) is 1.72. The van der Waals surface area contributed by atoms with Crippen LogP contribution in [0.2, 0.25) is 0 Å². The van der Waals surface area contributed by atoms with Crippen LogP contribution >= 0.6 is 0 Å². The fraction of sp³-hybridized carbons (Fsp3) is 0.385. The van der Waals surface area contributed by atoms with Gasteiger partial charge in [-0.25, -0.2) is 8.78 Å². The molecule has 1 aromatic rings. The minimum Gasteiger partial charge on any atom is -0.383 e. The van der Waals surface area contributed by atoms with Crippen molar-refractivity contribution in [1.29, 1.82) is 5.26 Å². The van der Waals surface area contributed by atoms with Crippen LogP contribution in [0.4, 0.5) is 14.5 Å². The van der Waals surface area contributed by atoms with Crippen molar-refractivity contribution >= 4 is 11.6 Å².